The van der Waals surface area contributed by atoms with Crippen molar-refractivity contribution in [1.29, 1.82) is 0 Å². The first-order valence-corrected chi connectivity index (χ1v) is 7.39. The van der Waals surface area contributed by atoms with Crippen LogP contribution < -0.4 is 5.73 Å². The van der Waals surface area contributed by atoms with Gasteiger partial charge < -0.3 is 5.73 Å². The first-order chi connectivity index (χ1) is 10.2. The monoisotopic (exact) mass is 303 g/mol. The molecule has 3 aromatic rings. The molecule has 0 aliphatic rings. The molecule has 1 aromatic carbocycles. The summed E-state index contributed by atoms with van der Waals surface area (Å²) < 4.78 is 3.88. The van der Waals surface area contributed by atoms with E-state index >= 15 is 0 Å². The van der Waals surface area contributed by atoms with Gasteiger partial charge >= 0.3 is 0 Å². The van der Waals surface area contributed by atoms with Crippen LogP contribution in [0, 0.1) is 6.92 Å². The molecule has 2 aromatic heterocycles. The van der Waals surface area contributed by atoms with Crippen molar-refractivity contribution in [1.82, 2.24) is 19.6 Å². The zero-order valence-electron chi connectivity index (χ0n) is 12.2. The second-order valence-corrected chi connectivity index (χ2v) is 5.37. The summed E-state index contributed by atoms with van der Waals surface area (Å²) in [6.07, 6.45) is 0. The number of para-hydroxylation sites is 1. The van der Waals surface area contributed by atoms with E-state index in [0.717, 1.165) is 34.5 Å². The minimum absolute atomic E-state index is 0.424. The Kier molecular flexibility index (Phi) is 3.69. The molecule has 0 unspecified atom stereocenters. The number of rotatable bonds is 4. The van der Waals surface area contributed by atoms with Crippen LogP contribution >= 0.6 is 11.6 Å². The highest BCUT2D eigenvalue weighted by Crippen LogP contribution is 2.24. The summed E-state index contributed by atoms with van der Waals surface area (Å²) in [5.41, 5.74) is 9.59. The highest BCUT2D eigenvalue weighted by molar-refractivity contribution is 6.31. The van der Waals surface area contributed by atoms with Crippen molar-refractivity contribution in [3.63, 3.8) is 0 Å². The van der Waals surface area contributed by atoms with E-state index in [1.165, 1.54) is 0 Å². The van der Waals surface area contributed by atoms with E-state index < -0.39 is 0 Å². The SMILES string of the molecule is CCn1nc(C)c(Cl)c1Cn1nc(CN)c2ccccc21. The molecule has 0 spiro atoms. The molecule has 0 atom stereocenters. The molecular formula is C15H18ClN5. The van der Waals surface area contributed by atoms with Crippen molar-refractivity contribution in [3.8, 4) is 0 Å². The molecule has 0 saturated carbocycles. The van der Waals surface area contributed by atoms with Gasteiger partial charge in [0.2, 0.25) is 0 Å². The predicted octanol–water partition coefficient (Wildman–Crippen LogP) is 2.72. The molecule has 0 saturated heterocycles. The highest BCUT2D eigenvalue weighted by Gasteiger charge is 2.16. The lowest BCUT2D eigenvalue weighted by atomic mass is 10.2. The molecule has 0 bridgehead atoms. The Hall–Kier alpha value is -1.85. The number of hydrogen-bond acceptors (Lipinski definition) is 3. The number of hydrogen-bond donors (Lipinski definition) is 1. The van der Waals surface area contributed by atoms with Crippen LogP contribution in [0.1, 0.15) is 24.0 Å². The Balaban J connectivity index is 2.10. The van der Waals surface area contributed by atoms with Crippen LogP contribution in [-0.2, 0) is 19.6 Å². The first kappa shape index (κ1) is 14.1. The Morgan fingerprint density at radius 3 is 2.67 bits per heavy atom. The second-order valence-electron chi connectivity index (χ2n) is 4.99. The molecule has 0 aliphatic carbocycles. The van der Waals surface area contributed by atoms with Crippen LogP contribution in [0.3, 0.4) is 0 Å². The summed E-state index contributed by atoms with van der Waals surface area (Å²) in [6.45, 7) is 5.77. The Morgan fingerprint density at radius 1 is 1.19 bits per heavy atom. The smallest absolute Gasteiger partial charge is 0.0866 e. The van der Waals surface area contributed by atoms with E-state index in [-0.39, 0.29) is 0 Å². The third-order valence-corrected chi connectivity index (χ3v) is 4.17. The van der Waals surface area contributed by atoms with Crippen molar-refractivity contribution in [3.05, 3.63) is 46.4 Å². The van der Waals surface area contributed by atoms with E-state index in [2.05, 4.69) is 23.2 Å². The van der Waals surface area contributed by atoms with Crippen molar-refractivity contribution < 1.29 is 0 Å². The molecule has 6 heteroatoms. The van der Waals surface area contributed by atoms with Crippen LogP contribution in [0.2, 0.25) is 5.02 Å². The standard InChI is InChI=1S/C15H18ClN5/c1-3-20-14(15(16)10(2)18-20)9-21-13-7-5-4-6-11(13)12(8-17)19-21/h4-7H,3,8-9,17H2,1-2H3. The predicted molar refractivity (Wildman–Crippen MR) is 84.4 cm³/mol. The quantitative estimate of drug-likeness (QED) is 0.806. The Morgan fingerprint density at radius 2 is 1.95 bits per heavy atom. The lowest BCUT2D eigenvalue weighted by Crippen LogP contribution is -2.10. The Bertz CT molecular complexity index is 787. The number of nitrogens with zero attached hydrogens (tertiary/aromatic N) is 4. The zero-order valence-corrected chi connectivity index (χ0v) is 12.9. The average Bonchev–Trinajstić information content (AvgIpc) is 3.00. The highest BCUT2D eigenvalue weighted by atomic mass is 35.5. The van der Waals surface area contributed by atoms with Gasteiger partial charge in [0.25, 0.3) is 0 Å². The van der Waals surface area contributed by atoms with E-state index in [4.69, 9.17) is 17.3 Å². The van der Waals surface area contributed by atoms with Crippen LogP contribution in [-0.4, -0.2) is 19.6 Å². The minimum Gasteiger partial charge on any atom is -0.325 e. The van der Waals surface area contributed by atoms with E-state index in [1.807, 2.05) is 34.5 Å². The lowest BCUT2D eigenvalue weighted by Gasteiger charge is -2.07. The van der Waals surface area contributed by atoms with Crippen molar-refractivity contribution in [2.75, 3.05) is 0 Å². The van der Waals surface area contributed by atoms with Crippen LogP contribution in [0.15, 0.2) is 24.3 Å². The molecule has 0 aliphatic heterocycles. The molecule has 2 heterocycles. The summed E-state index contributed by atoms with van der Waals surface area (Å²) in [5.74, 6) is 0. The van der Waals surface area contributed by atoms with Gasteiger partial charge in [-0.15, -0.1) is 0 Å². The van der Waals surface area contributed by atoms with Crippen molar-refractivity contribution in [2.45, 2.75) is 33.5 Å². The minimum atomic E-state index is 0.424. The van der Waals surface area contributed by atoms with Gasteiger partial charge in [-0.25, -0.2) is 0 Å². The van der Waals surface area contributed by atoms with Crippen LogP contribution in [0.5, 0.6) is 0 Å². The number of halogens is 1. The van der Waals surface area contributed by atoms with Gasteiger partial charge in [0, 0.05) is 18.5 Å². The fourth-order valence-corrected chi connectivity index (χ4v) is 2.82. The Labute approximate surface area is 128 Å². The van der Waals surface area contributed by atoms with Gasteiger partial charge in [0.05, 0.1) is 34.2 Å². The van der Waals surface area contributed by atoms with E-state index in [1.54, 1.807) is 0 Å². The molecule has 3 rings (SSSR count). The van der Waals surface area contributed by atoms with Gasteiger partial charge in [0.15, 0.2) is 0 Å². The maximum atomic E-state index is 6.39. The molecule has 110 valence electrons. The van der Waals surface area contributed by atoms with Crippen LogP contribution in [0.4, 0.5) is 0 Å². The molecule has 21 heavy (non-hydrogen) atoms. The molecule has 0 radical (unpaired) electrons. The molecule has 2 N–H and O–H groups in total. The van der Waals surface area contributed by atoms with Crippen LogP contribution in [0.25, 0.3) is 10.9 Å². The average molecular weight is 304 g/mol. The maximum Gasteiger partial charge on any atom is 0.0866 e. The lowest BCUT2D eigenvalue weighted by molar-refractivity contribution is 0.579. The van der Waals surface area contributed by atoms with Gasteiger partial charge in [-0.05, 0) is 19.9 Å². The molecule has 0 amide bonds. The molecule has 5 nitrogen and oxygen atoms in total. The zero-order chi connectivity index (χ0) is 15.0. The number of aromatic nitrogens is 4. The summed E-state index contributed by atoms with van der Waals surface area (Å²) in [7, 11) is 0. The summed E-state index contributed by atoms with van der Waals surface area (Å²) >= 11 is 6.39. The number of benzene rings is 1. The summed E-state index contributed by atoms with van der Waals surface area (Å²) in [4.78, 5) is 0. The molecule has 0 fully saturated rings. The van der Waals surface area contributed by atoms with Gasteiger partial charge in [0.1, 0.15) is 0 Å². The van der Waals surface area contributed by atoms with Crippen molar-refractivity contribution >= 4 is 22.5 Å². The molecular weight excluding hydrogens is 286 g/mol. The maximum absolute atomic E-state index is 6.39. The third-order valence-electron chi connectivity index (χ3n) is 3.68. The van der Waals surface area contributed by atoms with Gasteiger partial charge in [-0.2, -0.15) is 10.2 Å². The topological polar surface area (TPSA) is 61.7 Å². The second kappa shape index (κ2) is 5.50. The van der Waals surface area contributed by atoms with Gasteiger partial charge in [-0.3, -0.25) is 9.36 Å². The number of fused-ring (bicyclic) bond motifs is 1. The van der Waals surface area contributed by atoms with E-state index in [0.29, 0.717) is 18.1 Å². The van der Waals surface area contributed by atoms with Gasteiger partial charge in [-0.1, -0.05) is 29.8 Å². The summed E-state index contributed by atoms with van der Waals surface area (Å²) in [6, 6.07) is 8.10. The number of aryl methyl sites for hydroxylation is 2. The fourth-order valence-electron chi connectivity index (χ4n) is 2.63. The van der Waals surface area contributed by atoms with Crippen molar-refractivity contribution in [2.24, 2.45) is 5.73 Å². The summed E-state index contributed by atoms with van der Waals surface area (Å²) in [5, 5.41) is 10.9. The third kappa shape index (κ3) is 2.32. The largest absolute Gasteiger partial charge is 0.325 e. The normalized spacial score (nSPS) is 11.4. The fraction of sp³-hybridized carbons (Fsp3) is 0.333. The van der Waals surface area contributed by atoms with E-state index in [9.17, 15) is 0 Å². The number of nitrogens with two attached hydrogens (primary N) is 1. The first-order valence-electron chi connectivity index (χ1n) is 7.02.